The summed E-state index contributed by atoms with van der Waals surface area (Å²) in [5.41, 5.74) is 4.97. The van der Waals surface area contributed by atoms with E-state index in [0.29, 0.717) is 5.82 Å². The molecule has 8 heteroatoms. The van der Waals surface area contributed by atoms with Crippen molar-refractivity contribution in [3.05, 3.63) is 28.3 Å². The number of H-pyrrole nitrogens is 1. The van der Waals surface area contributed by atoms with Crippen LogP contribution in [0.5, 0.6) is 0 Å². The van der Waals surface area contributed by atoms with Crippen LogP contribution in [-0.4, -0.2) is 30.6 Å². The summed E-state index contributed by atoms with van der Waals surface area (Å²) in [7, 11) is 1.74. The maximum atomic E-state index is 11.7. The molecule has 2 aromatic rings. The van der Waals surface area contributed by atoms with Crippen molar-refractivity contribution in [3.63, 3.8) is 0 Å². The standard InChI is InChI=1S/C10H11N5O3/c1-15-3-2-12-9(15)8-13-7(11)5(4-6(16)17)10(18)14-8/h2-3H,4H2,1H3,(H,16,17)(H3,11,13,14,18). The number of anilines is 1. The number of aromatic amines is 1. The Morgan fingerprint density at radius 2 is 2.33 bits per heavy atom. The number of nitrogens with one attached hydrogen (secondary N) is 1. The van der Waals surface area contributed by atoms with E-state index < -0.39 is 17.9 Å². The normalized spacial score (nSPS) is 10.5. The number of carboxylic acids is 1. The number of nitrogens with zero attached hydrogens (tertiary/aromatic N) is 3. The summed E-state index contributed by atoms with van der Waals surface area (Å²) in [6.07, 6.45) is 2.78. The lowest BCUT2D eigenvalue weighted by Gasteiger charge is -2.05. The van der Waals surface area contributed by atoms with Gasteiger partial charge in [-0.05, 0) is 0 Å². The zero-order chi connectivity index (χ0) is 13.3. The zero-order valence-electron chi connectivity index (χ0n) is 9.54. The maximum Gasteiger partial charge on any atom is 0.308 e. The molecule has 0 spiro atoms. The maximum absolute atomic E-state index is 11.7. The van der Waals surface area contributed by atoms with Crippen molar-refractivity contribution in [2.24, 2.45) is 7.05 Å². The second-order valence-electron chi connectivity index (χ2n) is 3.71. The van der Waals surface area contributed by atoms with Gasteiger partial charge in [-0.15, -0.1) is 0 Å². The van der Waals surface area contributed by atoms with Crippen LogP contribution in [0.4, 0.5) is 5.82 Å². The molecule has 4 N–H and O–H groups in total. The summed E-state index contributed by atoms with van der Waals surface area (Å²) >= 11 is 0. The largest absolute Gasteiger partial charge is 0.481 e. The fourth-order valence-electron chi connectivity index (χ4n) is 1.54. The molecular formula is C10H11N5O3. The Morgan fingerprint density at radius 3 is 2.83 bits per heavy atom. The Labute approximate surface area is 101 Å². The van der Waals surface area contributed by atoms with E-state index in [2.05, 4.69) is 15.0 Å². The lowest BCUT2D eigenvalue weighted by Crippen LogP contribution is -2.21. The molecule has 0 bridgehead atoms. The molecule has 2 heterocycles. The van der Waals surface area contributed by atoms with E-state index in [4.69, 9.17) is 10.8 Å². The number of carboxylic acid groups (broad SMARTS) is 1. The van der Waals surface area contributed by atoms with Crippen molar-refractivity contribution in [2.75, 3.05) is 5.73 Å². The minimum absolute atomic E-state index is 0.0551. The van der Waals surface area contributed by atoms with Crippen LogP contribution in [0.25, 0.3) is 11.6 Å². The van der Waals surface area contributed by atoms with Gasteiger partial charge >= 0.3 is 5.97 Å². The molecule has 0 aliphatic carbocycles. The molecule has 94 valence electrons. The van der Waals surface area contributed by atoms with Gasteiger partial charge in [0.2, 0.25) is 0 Å². The quantitative estimate of drug-likeness (QED) is 0.665. The molecule has 0 aliphatic heterocycles. The second kappa shape index (κ2) is 4.32. The summed E-state index contributed by atoms with van der Waals surface area (Å²) in [5, 5.41) is 8.66. The molecule has 18 heavy (non-hydrogen) atoms. The number of aromatic nitrogens is 4. The summed E-state index contributed by atoms with van der Waals surface area (Å²) in [4.78, 5) is 32.8. The van der Waals surface area contributed by atoms with Crippen LogP contribution in [0.15, 0.2) is 17.2 Å². The Bertz CT molecular complexity index is 658. The smallest absolute Gasteiger partial charge is 0.308 e. The van der Waals surface area contributed by atoms with Crippen molar-refractivity contribution >= 4 is 11.8 Å². The minimum atomic E-state index is -1.14. The highest BCUT2D eigenvalue weighted by molar-refractivity contribution is 5.72. The SMILES string of the molecule is Cn1ccnc1-c1nc(N)c(CC(=O)O)c(=O)[nH]1. The Balaban J connectivity index is 2.53. The van der Waals surface area contributed by atoms with Gasteiger partial charge in [-0.1, -0.05) is 0 Å². The van der Waals surface area contributed by atoms with E-state index in [1.807, 2.05) is 0 Å². The molecule has 0 unspecified atom stereocenters. The highest BCUT2D eigenvalue weighted by atomic mass is 16.4. The van der Waals surface area contributed by atoms with Crippen LogP contribution in [-0.2, 0) is 18.3 Å². The Hall–Kier alpha value is -2.64. The van der Waals surface area contributed by atoms with Gasteiger partial charge in [0.25, 0.3) is 5.56 Å². The number of aliphatic carboxylic acids is 1. The average molecular weight is 249 g/mol. The second-order valence-corrected chi connectivity index (χ2v) is 3.71. The average Bonchev–Trinajstić information content (AvgIpc) is 2.69. The summed E-state index contributed by atoms with van der Waals surface area (Å²) in [5.74, 6) is -0.585. The van der Waals surface area contributed by atoms with E-state index in [1.54, 1.807) is 24.0 Å². The third-order valence-corrected chi connectivity index (χ3v) is 2.41. The first-order valence-corrected chi connectivity index (χ1v) is 5.07. The van der Waals surface area contributed by atoms with Crippen LogP contribution in [0.2, 0.25) is 0 Å². The summed E-state index contributed by atoms with van der Waals surface area (Å²) in [6.45, 7) is 0. The first-order valence-electron chi connectivity index (χ1n) is 5.07. The molecule has 2 rings (SSSR count). The van der Waals surface area contributed by atoms with E-state index in [0.717, 1.165) is 0 Å². The number of nitrogens with two attached hydrogens (primary N) is 1. The van der Waals surface area contributed by atoms with Gasteiger partial charge in [-0.25, -0.2) is 9.97 Å². The van der Waals surface area contributed by atoms with Gasteiger partial charge in [0.1, 0.15) is 5.82 Å². The highest BCUT2D eigenvalue weighted by Gasteiger charge is 2.14. The summed E-state index contributed by atoms with van der Waals surface area (Å²) in [6, 6.07) is 0. The topological polar surface area (TPSA) is 127 Å². The first-order chi connectivity index (χ1) is 8.49. The van der Waals surface area contributed by atoms with Crippen molar-refractivity contribution in [3.8, 4) is 11.6 Å². The number of nitrogen functional groups attached to an aromatic ring is 1. The molecule has 0 fully saturated rings. The molecule has 8 nitrogen and oxygen atoms in total. The monoisotopic (exact) mass is 249 g/mol. The van der Waals surface area contributed by atoms with Crippen LogP contribution in [0, 0.1) is 0 Å². The third-order valence-electron chi connectivity index (χ3n) is 2.41. The Morgan fingerprint density at radius 1 is 1.61 bits per heavy atom. The molecule has 0 atom stereocenters. The molecule has 0 aromatic carbocycles. The number of imidazole rings is 1. The Kier molecular flexibility index (Phi) is 2.84. The lowest BCUT2D eigenvalue weighted by atomic mass is 10.2. The van der Waals surface area contributed by atoms with E-state index >= 15 is 0 Å². The molecule has 0 aliphatic rings. The zero-order valence-corrected chi connectivity index (χ0v) is 9.54. The molecule has 0 amide bonds. The van der Waals surface area contributed by atoms with Gasteiger partial charge in [-0.3, -0.25) is 9.59 Å². The van der Waals surface area contributed by atoms with Gasteiger partial charge in [0.15, 0.2) is 11.6 Å². The molecular weight excluding hydrogens is 238 g/mol. The first kappa shape index (κ1) is 11.8. The number of carbonyl (C=O) groups is 1. The van der Waals surface area contributed by atoms with E-state index in [-0.39, 0.29) is 17.2 Å². The molecule has 0 saturated carbocycles. The highest BCUT2D eigenvalue weighted by Crippen LogP contribution is 2.12. The lowest BCUT2D eigenvalue weighted by molar-refractivity contribution is -0.136. The van der Waals surface area contributed by atoms with Crippen LogP contribution in [0.3, 0.4) is 0 Å². The fourth-order valence-corrected chi connectivity index (χ4v) is 1.54. The van der Waals surface area contributed by atoms with Gasteiger partial charge in [-0.2, -0.15) is 0 Å². The fraction of sp³-hybridized carbons (Fsp3) is 0.200. The summed E-state index contributed by atoms with van der Waals surface area (Å²) < 4.78 is 1.66. The number of rotatable bonds is 3. The number of hydrogen-bond donors (Lipinski definition) is 3. The number of aryl methyl sites for hydroxylation is 1. The van der Waals surface area contributed by atoms with Crippen LogP contribution < -0.4 is 11.3 Å². The van der Waals surface area contributed by atoms with Crippen LogP contribution >= 0.6 is 0 Å². The van der Waals surface area contributed by atoms with Crippen molar-refractivity contribution in [2.45, 2.75) is 6.42 Å². The van der Waals surface area contributed by atoms with E-state index in [9.17, 15) is 9.59 Å². The van der Waals surface area contributed by atoms with Crippen molar-refractivity contribution < 1.29 is 9.90 Å². The third kappa shape index (κ3) is 2.08. The van der Waals surface area contributed by atoms with E-state index in [1.165, 1.54) is 0 Å². The predicted molar refractivity (Wildman–Crippen MR) is 62.8 cm³/mol. The minimum Gasteiger partial charge on any atom is -0.481 e. The molecule has 0 radical (unpaired) electrons. The predicted octanol–water partition coefficient (Wildman–Crippen LogP) is -0.620. The van der Waals surface area contributed by atoms with Gasteiger partial charge in [0, 0.05) is 19.4 Å². The molecule has 0 saturated heterocycles. The van der Waals surface area contributed by atoms with Crippen molar-refractivity contribution in [1.82, 2.24) is 19.5 Å². The van der Waals surface area contributed by atoms with Gasteiger partial charge in [0.05, 0.1) is 12.0 Å². The van der Waals surface area contributed by atoms with Crippen LogP contribution in [0.1, 0.15) is 5.56 Å². The molecule has 2 aromatic heterocycles. The van der Waals surface area contributed by atoms with Crippen molar-refractivity contribution in [1.29, 1.82) is 0 Å². The number of hydrogen-bond acceptors (Lipinski definition) is 5. The van der Waals surface area contributed by atoms with Gasteiger partial charge < -0.3 is 20.4 Å².